The smallest absolute Gasteiger partial charge is 0.313 e. The number of hydrogen-bond donors (Lipinski definition) is 1. The molecule has 1 N–H and O–H groups in total. The summed E-state index contributed by atoms with van der Waals surface area (Å²) in [6, 6.07) is 13.0. The molecule has 0 saturated carbocycles. The van der Waals surface area contributed by atoms with E-state index < -0.39 is 30.2 Å². The van der Waals surface area contributed by atoms with E-state index in [0.717, 1.165) is 22.1 Å². The number of ether oxygens (including phenoxy) is 2. The molecule has 0 heterocycles. The summed E-state index contributed by atoms with van der Waals surface area (Å²) >= 11 is 0. The van der Waals surface area contributed by atoms with Crippen LogP contribution >= 0.6 is 0 Å². The van der Waals surface area contributed by atoms with E-state index in [1.807, 2.05) is 36.4 Å². The maximum Gasteiger partial charge on any atom is 0.313 e. The first-order valence-corrected chi connectivity index (χ1v) is 8.09. The van der Waals surface area contributed by atoms with Crippen molar-refractivity contribution in [2.75, 3.05) is 13.7 Å². The fourth-order valence-corrected chi connectivity index (χ4v) is 2.54. The molecule has 0 aromatic heterocycles. The Morgan fingerprint density at radius 1 is 1.19 bits per heavy atom. The number of carbonyl (C=O) groups is 2. The standard InChI is InChI=1S/C20H20N2O4/c1-12(20(24)26-11-19(23)18(10-21)13(2)22)14-4-5-16-9-17(25-3)7-6-15(16)8-14/h4-9,12,18,22H,11H2,1-3H3/t12-,18-/m0/s1. The van der Waals surface area contributed by atoms with E-state index in [-0.39, 0.29) is 5.71 Å². The fraction of sp³-hybridized carbons (Fsp3) is 0.300. The second kappa shape index (κ2) is 8.26. The van der Waals surface area contributed by atoms with Gasteiger partial charge in [-0.15, -0.1) is 0 Å². The summed E-state index contributed by atoms with van der Waals surface area (Å²) in [4.78, 5) is 24.1. The predicted octanol–water partition coefficient (Wildman–Crippen LogP) is 3.24. The van der Waals surface area contributed by atoms with Crippen LogP contribution in [0.4, 0.5) is 0 Å². The Labute approximate surface area is 151 Å². The molecule has 0 fully saturated rings. The van der Waals surface area contributed by atoms with Crippen molar-refractivity contribution in [1.82, 2.24) is 0 Å². The van der Waals surface area contributed by atoms with Crippen molar-refractivity contribution in [2.24, 2.45) is 5.92 Å². The number of nitriles is 1. The zero-order valence-electron chi connectivity index (χ0n) is 14.9. The molecular formula is C20H20N2O4. The van der Waals surface area contributed by atoms with Crippen LogP contribution in [0, 0.1) is 22.7 Å². The molecule has 0 aliphatic rings. The number of hydrogen-bond acceptors (Lipinski definition) is 6. The van der Waals surface area contributed by atoms with E-state index in [1.54, 1.807) is 20.1 Å². The molecule has 0 saturated heterocycles. The van der Waals surface area contributed by atoms with Crippen LogP contribution < -0.4 is 4.74 Å². The lowest BCUT2D eigenvalue weighted by atomic mass is 9.97. The summed E-state index contributed by atoms with van der Waals surface area (Å²) in [5, 5.41) is 18.2. The van der Waals surface area contributed by atoms with Gasteiger partial charge in [0.25, 0.3) is 0 Å². The molecule has 6 nitrogen and oxygen atoms in total. The molecule has 0 bridgehead atoms. The third-order valence-electron chi connectivity index (χ3n) is 4.17. The third kappa shape index (κ3) is 4.25. The summed E-state index contributed by atoms with van der Waals surface area (Å²) < 4.78 is 10.2. The molecule has 0 unspecified atom stereocenters. The number of fused-ring (bicyclic) bond motifs is 1. The van der Waals surface area contributed by atoms with Gasteiger partial charge in [-0.1, -0.05) is 24.3 Å². The van der Waals surface area contributed by atoms with Gasteiger partial charge in [0, 0.05) is 5.71 Å². The normalized spacial score (nSPS) is 12.7. The first-order valence-electron chi connectivity index (χ1n) is 8.09. The molecule has 2 aromatic rings. The van der Waals surface area contributed by atoms with Crippen molar-refractivity contribution < 1.29 is 19.1 Å². The van der Waals surface area contributed by atoms with Crippen molar-refractivity contribution in [1.29, 1.82) is 10.7 Å². The Bertz CT molecular complexity index is 898. The van der Waals surface area contributed by atoms with Gasteiger partial charge in [-0.2, -0.15) is 5.26 Å². The molecule has 134 valence electrons. The van der Waals surface area contributed by atoms with Gasteiger partial charge in [-0.05, 0) is 42.3 Å². The zero-order valence-corrected chi connectivity index (χ0v) is 14.9. The molecule has 0 aliphatic heterocycles. The summed E-state index contributed by atoms with van der Waals surface area (Å²) in [5.74, 6) is -2.12. The minimum atomic E-state index is -1.17. The maximum atomic E-state index is 12.2. The number of nitrogens with one attached hydrogen (secondary N) is 1. The third-order valence-corrected chi connectivity index (χ3v) is 4.17. The SMILES string of the molecule is COc1ccc2cc([C@H](C)C(=O)OCC(=O)[C@@H](C#N)C(C)=N)ccc2c1. The number of Topliss-reactive ketones (excluding diaryl/α,β-unsaturated/α-hetero) is 1. The van der Waals surface area contributed by atoms with Gasteiger partial charge in [0.05, 0.1) is 19.1 Å². The monoisotopic (exact) mass is 352 g/mol. The lowest BCUT2D eigenvalue weighted by Gasteiger charge is -2.13. The number of esters is 1. The molecule has 2 aromatic carbocycles. The number of carbonyl (C=O) groups excluding carboxylic acids is 2. The highest BCUT2D eigenvalue weighted by molar-refractivity contribution is 6.06. The van der Waals surface area contributed by atoms with Crippen LogP contribution in [0.1, 0.15) is 25.3 Å². The van der Waals surface area contributed by atoms with E-state index in [0.29, 0.717) is 0 Å². The molecule has 0 spiro atoms. The van der Waals surface area contributed by atoms with Crippen LogP contribution in [0.15, 0.2) is 36.4 Å². The highest BCUT2D eigenvalue weighted by atomic mass is 16.5. The van der Waals surface area contributed by atoms with Crippen LogP contribution in [0.25, 0.3) is 10.8 Å². The van der Waals surface area contributed by atoms with E-state index in [9.17, 15) is 9.59 Å². The highest BCUT2D eigenvalue weighted by Gasteiger charge is 2.23. The molecule has 6 heteroatoms. The average Bonchev–Trinajstić information content (AvgIpc) is 2.64. The highest BCUT2D eigenvalue weighted by Crippen LogP contribution is 2.25. The van der Waals surface area contributed by atoms with Gasteiger partial charge >= 0.3 is 5.97 Å². The zero-order chi connectivity index (χ0) is 19.3. The number of ketones is 1. The summed E-state index contributed by atoms with van der Waals surface area (Å²) in [6.45, 7) is 2.56. The van der Waals surface area contributed by atoms with Crippen LogP contribution in [0.5, 0.6) is 5.75 Å². The number of nitrogens with zero attached hydrogens (tertiary/aromatic N) is 1. The first-order chi connectivity index (χ1) is 12.4. The number of rotatable bonds is 7. The number of benzene rings is 2. The predicted molar refractivity (Wildman–Crippen MR) is 97.4 cm³/mol. The van der Waals surface area contributed by atoms with Gasteiger partial charge in [0.15, 0.2) is 12.4 Å². The van der Waals surface area contributed by atoms with Crippen molar-refractivity contribution in [3.63, 3.8) is 0 Å². The largest absolute Gasteiger partial charge is 0.497 e. The Morgan fingerprint density at radius 3 is 2.46 bits per heavy atom. The lowest BCUT2D eigenvalue weighted by molar-refractivity contribution is -0.149. The van der Waals surface area contributed by atoms with Crippen molar-refractivity contribution >= 4 is 28.2 Å². The molecular weight excluding hydrogens is 332 g/mol. The van der Waals surface area contributed by atoms with E-state index >= 15 is 0 Å². The Morgan fingerprint density at radius 2 is 1.85 bits per heavy atom. The van der Waals surface area contributed by atoms with Gasteiger partial charge < -0.3 is 14.9 Å². The Hall–Kier alpha value is -3.20. The van der Waals surface area contributed by atoms with Crippen LogP contribution in [-0.4, -0.2) is 31.2 Å². The van der Waals surface area contributed by atoms with E-state index in [1.165, 1.54) is 6.92 Å². The average molecular weight is 352 g/mol. The molecule has 0 amide bonds. The van der Waals surface area contributed by atoms with Crippen molar-refractivity contribution in [3.05, 3.63) is 42.0 Å². The van der Waals surface area contributed by atoms with E-state index in [4.69, 9.17) is 20.1 Å². The van der Waals surface area contributed by atoms with Gasteiger partial charge in [0.2, 0.25) is 0 Å². The molecule has 26 heavy (non-hydrogen) atoms. The topological polar surface area (TPSA) is 100 Å². The van der Waals surface area contributed by atoms with Crippen LogP contribution in [0.2, 0.25) is 0 Å². The second-order valence-electron chi connectivity index (χ2n) is 6.01. The van der Waals surface area contributed by atoms with Crippen LogP contribution in [-0.2, 0) is 14.3 Å². The Balaban J connectivity index is 2.08. The fourth-order valence-electron chi connectivity index (χ4n) is 2.54. The molecule has 0 radical (unpaired) electrons. The van der Waals surface area contributed by atoms with Gasteiger partial charge in [0.1, 0.15) is 11.7 Å². The Kier molecular flexibility index (Phi) is 6.07. The van der Waals surface area contributed by atoms with Gasteiger partial charge in [-0.3, -0.25) is 9.59 Å². The minimum absolute atomic E-state index is 0.0634. The van der Waals surface area contributed by atoms with Crippen molar-refractivity contribution in [3.8, 4) is 11.8 Å². The molecule has 0 aliphatic carbocycles. The molecule has 2 rings (SSSR count). The summed E-state index contributed by atoms with van der Waals surface area (Å²) in [5.41, 5.74) is 0.701. The quantitative estimate of drug-likeness (QED) is 0.609. The van der Waals surface area contributed by atoms with Crippen molar-refractivity contribution in [2.45, 2.75) is 19.8 Å². The van der Waals surface area contributed by atoms with Crippen LogP contribution in [0.3, 0.4) is 0 Å². The summed E-state index contributed by atoms with van der Waals surface area (Å²) in [6.07, 6.45) is 0. The maximum absolute atomic E-state index is 12.2. The minimum Gasteiger partial charge on any atom is -0.497 e. The summed E-state index contributed by atoms with van der Waals surface area (Å²) in [7, 11) is 1.60. The second-order valence-corrected chi connectivity index (χ2v) is 6.01. The first kappa shape index (κ1) is 19.1. The van der Waals surface area contributed by atoms with Gasteiger partial charge in [-0.25, -0.2) is 0 Å². The lowest BCUT2D eigenvalue weighted by Crippen LogP contribution is -2.26. The van der Waals surface area contributed by atoms with E-state index in [2.05, 4.69) is 0 Å². The molecule has 2 atom stereocenters. The number of methoxy groups -OCH3 is 1.